The first-order valence-electron chi connectivity index (χ1n) is 3.35. The van der Waals surface area contributed by atoms with E-state index in [2.05, 4.69) is 0 Å². The summed E-state index contributed by atoms with van der Waals surface area (Å²) in [5.41, 5.74) is 0. The molecule has 0 aromatic carbocycles. The molecule has 1 rings (SSSR count). The minimum Gasteiger partial charge on any atom is -0.275 e. The van der Waals surface area contributed by atoms with Crippen molar-refractivity contribution in [3.8, 4) is 0 Å². The number of carbonyl (C=O) groups excluding carboxylic acids is 2. The van der Waals surface area contributed by atoms with Gasteiger partial charge in [0.05, 0.1) is 6.67 Å². The number of hydrogen-bond acceptors (Lipinski definition) is 2. The van der Waals surface area contributed by atoms with Crippen molar-refractivity contribution in [2.45, 2.75) is 6.42 Å². The van der Waals surface area contributed by atoms with Crippen molar-refractivity contribution in [3.05, 3.63) is 12.2 Å². The number of amides is 2. The van der Waals surface area contributed by atoms with Crippen LogP contribution in [0.25, 0.3) is 0 Å². The Morgan fingerprint density at radius 1 is 1.27 bits per heavy atom. The molecule has 4 heteroatoms. The van der Waals surface area contributed by atoms with Gasteiger partial charge in [0.25, 0.3) is 11.8 Å². The summed E-state index contributed by atoms with van der Waals surface area (Å²) in [7, 11) is 0. The van der Waals surface area contributed by atoms with Gasteiger partial charge in [0, 0.05) is 18.7 Å². The lowest BCUT2D eigenvalue weighted by molar-refractivity contribution is -0.136. The second-order valence-electron chi connectivity index (χ2n) is 2.20. The number of hydrogen-bond donors (Lipinski definition) is 0. The summed E-state index contributed by atoms with van der Waals surface area (Å²) in [6.07, 6.45) is 2.61. The van der Waals surface area contributed by atoms with Crippen LogP contribution in [-0.2, 0) is 9.59 Å². The van der Waals surface area contributed by atoms with Gasteiger partial charge in [-0.1, -0.05) is 0 Å². The van der Waals surface area contributed by atoms with Gasteiger partial charge in [0.1, 0.15) is 0 Å². The van der Waals surface area contributed by atoms with E-state index >= 15 is 0 Å². The molecule has 0 spiro atoms. The smallest absolute Gasteiger partial charge is 0.253 e. The van der Waals surface area contributed by atoms with Crippen LogP contribution in [0.2, 0.25) is 0 Å². The van der Waals surface area contributed by atoms with Crippen LogP contribution in [0, 0.1) is 0 Å². The SMILES string of the molecule is O=C1C=CC(=O)N1CCC[18F]. The van der Waals surface area contributed by atoms with E-state index in [4.69, 9.17) is 0 Å². The summed E-state index contributed by atoms with van der Waals surface area (Å²) in [6, 6.07) is 0. The molecule has 11 heavy (non-hydrogen) atoms. The molecular formula is C7H8FNO2. The molecule has 0 atom stereocenters. The minimum atomic E-state index is -0.503. The molecule has 0 saturated carbocycles. The highest BCUT2D eigenvalue weighted by molar-refractivity contribution is 6.12. The fourth-order valence-electron chi connectivity index (χ4n) is 0.869. The van der Waals surface area contributed by atoms with E-state index in [1.807, 2.05) is 0 Å². The maximum absolute atomic E-state index is 11.6. The van der Waals surface area contributed by atoms with E-state index in [1.54, 1.807) is 0 Å². The zero-order valence-corrected chi connectivity index (χ0v) is 5.92. The number of rotatable bonds is 3. The second kappa shape index (κ2) is 3.27. The van der Waals surface area contributed by atoms with Gasteiger partial charge in [-0.3, -0.25) is 18.9 Å². The first kappa shape index (κ1) is 7.91. The zero-order chi connectivity index (χ0) is 8.27. The Hall–Kier alpha value is -1.19. The summed E-state index contributed by atoms with van der Waals surface area (Å²) < 4.78 is 11.6. The van der Waals surface area contributed by atoms with Crippen LogP contribution in [0.4, 0.5) is 4.39 Å². The Morgan fingerprint density at radius 2 is 1.82 bits per heavy atom. The van der Waals surface area contributed by atoms with Gasteiger partial charge in [-0.05, 0) is 6.42 Å². The van der Waals surface area contributed by atoms with Gasteiger partial charge in [0.15, 0.2) is 0 Å². The lowest BCUT2D eigenvalue weighted by atomic mass is 10.4. The quantitative estimate of drug-likeness (QED) is 0.550. The molecule has 2 amide bonds. The average Bonchev–Trinajstić information content (AvgIpc) is 2.29. The molecule has 1 heterocycles. The van der Waals surface area contributed by atoms with Gasteiger partial charge in [-0.25, -0.2) is 0 Å². The van der Waals surface area contributed by atoms with Crippen LogP contribution in [0.5, 0.6) is 0 Å². The maximum Gasteiger partial charge on any atom is 0.253 e. The third kappa shape index (κ3) is 1.63. The summed E-state index contributed by atoms with van der Waals surface area (Å²) in [6.45, 7) is -0.321. The molecule has 0 bridgehead atoms. The summed E-state index contributed by atoms with van der Waals surface area (Å²) in [4.78, 5) is 22.6. The van der Waals surface area contributed by atoms with Crippen LogP contribution in [0.1, 0.15) is 6.42 Å². The third-order valence-corrected chi connectivity index (χ3v) is 1.42. The minimum absolute atomic E-state index is 0.182. The first-order valence-corrected chi connectivity index (χ1v) is 3.35. The van der Waals surface area contributed by atoms with E-state index in [0.717, 1.165) is 4.90 Å². The number of halogens is 1. The van der Waals surface area contributed by atoms with Crippen molar-refractivity contribution in [1.29, 1.82) is 0 Å². The van der Waals surface area contributed by atoms with Gasteiger partial charge in [0.2, 0.25) is 0 Å². The highest BCUT2D eigenvalue weighted by Gasteiger charge is 2.21. The Morgan fingerprint density at radius 3 is 2.27 bits per heavy atom. The number of nitrogens with zero attached hydrogens (tertiary/aromatic N) is 1. The second-order valence-corrected chi connectivity index (χ2v) is 2.20. The van der Waals surface area contributed by atoms with Crippen LogP contribution < -0.4 is 0 Å². The molecule has 0 saturated heterocycles. The van der Waals surface area contributed by atoms with E-state index in [0.29, 0.717) is 0 Å². The fourth-order valence-corrected chi connectivity index (χ4v) is 0.869. The molecule has 0 aliphatic carbocycles. The Balaban J connectivity index is 2.46. The van der Waals surface area contributed by atoms with Crippen LogP contribution in [0.15, 0.2) is 12.2 Å². The summed E-state index contributed by atoms with van der Waals surface area (Å²) in [5.74, 6) is -0.688. The molecule has 0 N–H and O–H groups in total. The van der Waals surface area contributed by atoms with Crippen LogP contribution in [-0.4, -0.2) is 29.9 Å². The Bertz CT molecular complexity index is 194. The van der Waals surface area contributed by atoms with Crippen LogP contribution in [0.3, 0.4) is 0 Å². The molecule has 3 nitrogen and oxygen atoms in total. The van der Waals surface area contributed by atoms with Gasteiger partial charge in [-0.15, -0.1) is 0 Å². The topological polar surface area (TPSA) is 37.4 Å². The van der Waals surface area contributed by atoms with E-state index in [9.17, 15) is 14.0 Å². The van der Waals surface area contributed by atoms with Crippen molar-refractivity contribution < 1.29 is 14.0 Å². The average molecular weight is 156 g/mol. The molecule has 0 unspecified atom stereocenters. The van der Waals surface area contributed by atoms with Crippen LogP contribution >= 0.6 is 0 Å². The number of imide groups is 1. The van der Waals surface area contributed by atoms with Crippen molar-refractivity contribution in [2.75, 3.05) is 13.2 Å². The normalized spacial score (nSPS) is 16.6. The van der Waals surface area contributed by atoms with Gasteiger partial charge >= 0.3 is 0 Å². The molecule has 0 radical (unpaired) electrons. The first-order chi connectivity index (χ1) is 5.25. The van der Waals surface area contributed by atoms with E-state index in [-0.39, 0.29) is 24.8 Å². The molecule has 60 valence electrons. The molecule has 0 aromatic heterocycles. The Kier molecular flexibility index (Phi) is 2.36. The molecule has 1 aliphatic rings. The molecule has 0 aromatic rings. The van der Waals surface area contributed by atoms with Crippen molar-refractivity contribution in [3.63, 3.8) is 0 Å². The highest BCUT2D eigenvalue weighted by atomic mass is 18.2. The fraction of sp³-hybridized carbons (Fsp3) is 0.429. The molecular weight excluding hydrogens is 148 g/mol. The van der Waals surface area contributed by atoms with E-state index in [1.165, 1.54) is 12.2 Å². The van der Waals surface area contributed by atoms with Crippen molar-refractivity contribution >= 4 is 11.8 Å². The van der Waals surface area contributed by atoms with Gasteiger partial charge in [-0.2, -0.15) is 0 Å². The van der Waals surface area contributed by atoms with Crippen molar-refractivity contribution in [1.82, 2.24) is 4.90 Å². The predicted octanol–water partition coefficient (Wildman–Crippen LogP) is 0.271. The lowest BCUT2D eigenvalue weighted by Gasteiger charge is -2.11. The predicted molar refractivity (Wildman–Crippen MR) is 36.5 cm³/mol. The standard InChI is InChI=1S/C7H8FNO2/c8-4-1-5-9-6(10)2-3-7(9)11/h2-3H,1,4-5H2/i8-1. The van der Waals surface area contributed by atoms with Gasteiger partial charge < -0.3 is 0 Å². The zero-order valence-electron chi connectivity index (χ0n) is 5.92. The number of carbonyl (C=O) groups is 2. The maximum atomic E-state index is 11.6. The lowest BCUT2D eigenvalue weighted by Crippen LogP contribution is -2.31. The molecule has 0 fully saturated rings. The Labute approximate surface area is 63.5 Å². The third-order valence-electron chi connectivity index (χ3n) is 1.42. The van der Waals surface area contributed by atoms with E-state index < -0.39 is 6.67 Å². The largest absolute Gasteiger partial charge is 0.275 e. The monoisotopic (exact) mass is 156 g/mol. The highest BCUT2D eigenvalue weighted by Crippen LogP contribution is 2.03. The van der Waals surface area contributed by atoms with Crippen molar-refractivity contribution in [2.24, 2.45) is 0 Å². The summed E-state index contributed by atoms with van der Waals surface area (Å²) in [5, 5.41) is 0. The number of alkyl halides is 1. The molecule has 1 aliphatic heterocycles. The summed E-state index contributed by atoms with van der Waals surface area (Å²) >= 11 is 0.